The van der Waals surface area contributed by atoms with Gasteiger partial charge < -0.3 is 0 Å². The van der Waals surface area contributed by atoms with Crippen molar-refractivity contribution in [3.63, 3.8) is 0 Å². The van der Waals surface area contributed by atoms with Crippen LogP contribution >= 0.6 is 0 Å². The molecule has 2 N–H and O–H groups in total. The molecule has 0 unspecified atom stereocenters. The Morgan fingerprint density at radius 2 is 2.38 bits per heavy atom. The molecule has 0 amide bonds. The van der Waals surface area contributed by atoms with Gasteiger partial charge >= 0.3 is 0 Å². The molecule has 0 saturated heterocycles. The molecule has 0 spiro atoms. The van der Waals surface area contributed by atoms with Crippen molar-refractivity contribution in [2.75, 3.05) is 13.7 Å². The number of hydrogen-bond donors (Lipinski definition) is 1. The number of nitrogens with zero attached hydrogens (tertiary/aromatic N) is 3. The number of rotatable bonds is 0. The van der Waals surface area contributed by atoms with Gasteiger partial charge in [0, 0.05) is 7.05 Å². The van der Waals surface area contributed by atoms with Gasteiger partial charge in [0.1, 0.15) is 12.5 Å². The highest BCUT2D eigenvalue weighted by atomic mass is 15.6. The highest BCUT2D eigenvalue weighted by molar-refractivity contribution is 5.79. The summed E-state index contributed by atoms with van der Waals surface area (Å²) in [4.78, 5) is 0. The van der Waals surface area contributed by atoms with Gasteiger partial charge in [-0.3, -0.25) is 10.0 Å². The van der Waals surface area contributed by atoms with Crippen LogP contribution in [0.4, 0.5) is 0 Å². The zero-order valence-electron chi connectivity index (χ0n) is 5.13. The van der Waals surface area contributed by atoms with Crippen molar-refractivity contribution >= 4 is 5.84 Å². The topological polar surface area (TPSA) is 44.9 Å². The van der Waals surface area contributed by atoms with E-state index >= 15 is 0 Å². The Labute approximate surface area is 48.5 Å². The van der Waals surface area contributed by atoms with E-state index in [1.54, 1.807) is 10.0 Å². The minimum atomic E-state index is 0.700. The molecule has 0 saturated carbocycles. The zero-order chi connectivity index (χ0) is 6.15. The Hall–Kier alpha value is -0.770. The number of hydrazine groups is 1. The molecule has 0 bridgehead atoms. The van der Waals surface area contributed by atoms with Crippen LogP contribution in [0.5, 0.6) is 0 Å². The van der Waals surface area contributed by atoms with Gasteiger partial charge in [0.05, 0.1) is 0 Å². The summed E-state index contributed by atoms with van der Waals surface area (Å²) in [5.41, 5.74) is 0. The van der Waals surface area contributed by atoms with Crippen LogP contribution in [0.2, 0.25) is 0 Å². The summed E-state index contributed by atoms with van der Waals surface area (Å²) in [6.07, 6.45) is 0. The van der Waals surface area contributed by atoms with Gasteiger partial charge in [0.2, 0.25) is 0 Å². The first-order chi connectivity index (χ1) is 3.70. The lowest BCUT2D eigenvalue weighted by Crippen LogP contribution is -2.34. The molecule has 0 aliphatic carbocycles. The van der Waals surface area contributed by atoms with Gasteiger partial charge in [-0.05, 0) is 6.92 Å². The monoisotopic (exact) mass is 114 g/mol. The van der Waals surface area contributed by atoms with Gasteiger partial charge in [-0.25, -0.2) is 5.84 Å². The highest BCUT2D eigenvalue weighted by Gasteiger charge is 2.10. The smallest absolute Gasteiger partial charge is 0.137 e. The molecule has 0 atom stereocenters. The predicted molar refractivity (Wildman–Crippen MR) is 31.8 cm³/mol. The molecule has 1 aliphatic rings. The fourth-order valence-corrected chi connectivity index (χ4v) is 0.659. The first-order valence-electron chi connectivity index (χ1n) is 2.49. The maximum absolute atomic E-state index is 5.43. The second-order valence-electron chi connectivity index (χ2n) is 1.92. The summed E-state index contributed by atoms with van der Waals surface area (Å²) < 4.78 is 0. The van der Waals surface area contributed by atoms with Crippen LogP contribution in [-0.4, -0.2) is 29.6 Å². The summed E-state index contributed by atoms with van der Waals surface area (Å²) in [6, 6.07) is 0. The molecule has 0 aromatic carbocycles. The van der Waals surface area contributed by atoms with Crippen molar-refractivity contribution < 1.29 is 0 Å². The van der Waals surface area contributed by atoms with E-state index in [2.05, 4.69) is 5.10 Å². The molecule has 1 aliphatic heterocycles. The Bertz CT molecular complexity index is 119. The van der Waals surface area contributed by atoms with E-state index < -0.39 is 0 Å². The van der Waals surface area contributed by atoms with Crippen LogP contribution in [0, 0.1) is 0 Å². The number of nitrogens with two attached hydrogens (primary N) is 1. The summed E-state index contributed by atoms with van der Waals surface area (Å²) in [5, 5.41) is 7.41. The van der Waals surface area contributed by atoms with E-state index in [0.717, 1.165) is 5.84 Å². The van der Waals surface area contributed by atoms with Gasteiger partial charge in [0.15, 0.2) is 0 Å². The van der Waals surface area contributed by atoms with Crippen LogP contribution < -0.4 is 5.84 Å². The lowest BCUT2D eigenvalue weighted by Gasteiger charge is -2.09. The zero-order valence-corrected chi connectivity index (χ0v) is 5.13. The molecule has 0 aromatic heterocycles. The lowest BCUT2D eigenvalue weighted by atomic mass is 10.7. The molecular weight excluding hydrogens is 104 g/mol. The Morgan fingerprint density at radius 3 is 2.50 bits per heavy atom. The van der Waals surface area contributed by atoms with Crippen LogP contribution in [0.3, 0.4) is 0 Å². The van der Waals surface area contributed by atoms with Crippen molar-refractivity contribution in [1.82, 2.24) is 10.0 Å². The minimum absolute atomic E-state index is 0.700. The van der Waals surface area contributed by atoms with Crippen molar-refractivity contribution in [3.05, 3.63) is 0 Å². The number of hydrazone groups is 1. The number of amidine groups is 1. The van der Waals surface area contributed by atoms with Crippen LogP contribution in [0.25, 0.3) is 0 Å². The van der Waals surface area contributed by atoms with E-state index in [1.165, 1.54) is 0 Å². The molecule has 1 heterocycles. The molecule has 1 rings (SSSR count). The third-order valence-electron chi connectivity index (χ3n) is 1.09. The van der Waals surface area contributed by atoms with E-state index in [9.17, 15) is 0 Å². The van der Waals surface area contributed by atoms with E-state index in [1.807, 2.05) is 14.0 Å². The van der Waals surface area contributed by atoms with Crippen LogP contribution in [0.1, 0.15) is 6.92 Å². The van der Waals surface area contributed by atoms with Crippen molar-refractivity contribution in [2.45, 2.75) is 6.92 Å². The fraction of sp³-hybridized carbons (Fsp3) is 0.750. The van der Waals surface area contributed by atoms with E-state index in [-0.39, 0.29) is 0 Å². The van der Waals surface area contributed by atoms with Crippen molar-refractivity contribution in [2.24, 2.45) is 10.9 Å². The van der Waals surface area contributed by atoms with E-state index in [4.69, 9.17) is 5.84 Å². The molecule has 0 radical (unpaired) electrons. The fourth-order valence-electron chi connectivity index (χ4n) is 0.659. The van der Waals surface area contributed by atoms with Crippen molar-refractivity contribution in [3.8, 4) is 0 Å². The first-order valence-corrected chi connectivity index (χ1v) is 2.49. The largest absolute Gasteiger partial charge is 0.277 e. The summed E-state index contributed by atoms with van der Waals surface area (Å²) >= 11 is 0. The minimum Gasteiger partial charge on any atom is -0.277 e. The molecule has 4 nitrogen and oxygen atoms in total. The molecule has 46 valence electrons. The molecule has 0 aromatic rings. The first kappa shape index (κ1) is 5.37. The summed E-state index contributed by atoms with van der Waals surface area (Å²) in [5.74, 6) is 6.30. The summed E-state index contributed by atoms with van der Waals surface area (Å²) in [7, 11) is 1.89. The second kappa shape index (κ2) is 1.63. The lowest BCUT2D eigenvalue weighted by molar-refractivity contribution is 0.281. The molecule has 8 heavy (non-hydrogen) atoms. The van der Waals surface area contributed by atoms with Crippen molar-refractivity contribution in [1.29, 1.82) is 0 Å². The van der Waals surface area contributed by atoms with Gasteiger partial charge in [-0.15, -0.1) is 0 Å². The maximum Gasteiger partial charge on any atom is 0.137 e. The highest BCUT2D eigenvalue weighted by Crippen LogP contribution is 1.97. The normalized spacial score (nSPS) is 19.6. The number of hydrogen-bond acceptors (Lipinski definition) is 4. The average molecular weight is 114 g/mol. The van der Waals surface area contributed by atoms with E-state index in [0.29, 0.717) is 6.67 Å². The average Bonchev–Trinajstić information content (AvgIpc) is 1.85. The molecule has 0 fully saturated rings. The maximum atomic E-state index is 5.43. The molecule has 4 heteroatoms. The van der Waals surface area contributed by atoms with Crippen LogP contribution in [-0.2, 0) is 0 Å². The molecular formula is C4H10N4. The second-order valence-corrected chi connectivity index (χ2v) is 1.92. The van der Waals surface area contributed by atoms with Gasteiger partial charge in [0.25, 0.3) is 0 Å². The van der Waals surface area contributed by atoms with Crippen LogP contribution in [0.15, 0.2) is 5.10 Å². The van der Waals surface area contributed by atoms with Gasteiger partial charge in [-0.1, -0.05) is 0 Å². The predicted octanol–water partition coefficient (Wildman–Crippen LogP) is -0.602. The van der Waals surface area contributed by atoms with Gasteiger partial charge in [-0.2, -0.15) is 5.10 Å². The Morgan fingerprint density at radius 1 is 1.75 bits per heavy atom. The standard InChI is InChI=1S/C4H10N4/c1-4-6-7(2)3-8(4)5/h3,5H2,1-2H3. The third kappa shape index (κ3) is 0.742. The Kier molecular flexibility index (Phi) is 1.09. The third-order valence-corrected chi connectivity index (χ3v) is 1.09. The SMILES string of the molecule is CC1=NN(C)CN1N. The summed E-state index contributed by atoms with van der Waals surface area (Å²) in [6.45, 7) is 2.58. The quantitative estimate of drug-likeness (QED) is 0.428. The Balaban J connectivity index is 2.59.